The third-order valence-corrected chi connectivity index (χ3v) is 5.96. The smallest absolute Gasteiger partial charge is 0.0127 e. The predicted molar refractivity (Wildman–Crippen MR) is 95.5 cm³/mol. The van der Waals surface area contributed by atoms with Crippen molar-refractivity contribution in [3.63, 3.8) is 0 Å². The van der Waals surface area contributed by atoms with Crippen molar-refractivity contribution in [3.8, 4) is 0 Å². The highest BCUT2D eigenvalue weighted by Gasteiger charge is 2.19. The van der Waals surface area contributed by atoms with Crippen molar-refractivity contribution in [2.45, 2.75) is 44.6 Å². The first kappa shape index (κ1) is 14.2. The Morgan fingerprint density at radius 1 is 1.09 bits per heavy atom. The molecule has 0 spiro atoms. The summed E-state index contributed by atoms with van der Waals surface area (Å²) >= 11 is 1.92. The first-order valence-electron chi connectivity index (χ1n) is 8.50. The van der Waals surface area contributed by atoms with Gasteiger partial charge in [0.05, 0.1) is 0 Å². The highest BCUT2D eigenvalue weighted by molar-refractivity contribution is 7.10. The van der Waals surface area contributed by atoms with E-state index < -0.39 is 0 Å². The third kappa shape index (κ3) is 2.78. The largest absolute Gasteiger partial charge is 0.314 e. The topological polar surface area (TPSA) is 12.0 Å². The van der Waals surface area contributed by atoms with E-state index in [1.807, 2.05) is 11.3 Å². The van der Waals surface area contributed by atoms with Crippen molar-refractivity contribution in [1.82, 2.24) is 5.32 Å². The van der Waals surface area contributed by atoms with Gasteiger partial charge in [-0.25, -0.2) is 0 Å². The van der Waals surface area contributed by atoms with Gasteiger partial charge < -0.3 is 5.32 Å². The molecule has 2 aromatic rings. The Morgan fingerprint density at radius 3 is 2.95 bits per heavy atom. The molecule has 0 amide bonds. The second-order valence-electron chi connectivity index (χ2n) is 6.41. The van der Waals surface area contributed by atoms with Gasteiger partial charge in [0, 0.05) is 10.9 Å². The molecule has 0 saturated carbocycles. The van der Waals surface area contributed by atoms with Crippen molar-refractivity contribution in [2.75, 3.05) is 6.54 Å². The molecule has 1 fully saturated rings. The number of rotatable bonds is 2. The minimum atomic E-state index is 0.666. The monoisotopic (exact) mass is 309 g/mol. The Hall–Kier alpha value is -1.38. The first-order valence-corrected chi connectivity index (χ1v) is 9.38. The van der Waals surface area contributed by atoms with Gasteiger partial charge in [0.1, 0.15) is 0 Å². The number of hydrogen-bond acceptors (Lipinski definition) is 2. The fourth-order valence-corrected chi connectivity index (χ4v) is 4.67. The van der Waals surface area contributed by atoms with Crippen molar-refractivity contribution in [2.24, 2.45) is 0 Å². The Labute approximate surface area is 137 Å². The fraction of sp³-hybridized carbons (Fsp3) is 0.400. The molecule has 1 unspecified atom stereocenters. The van der Waals surface area contributed by atoms with Crippen molar-refractivity contribution in [1.29, 1.82) is 0 Å². The molecule has 1 aromatic carbocycles. The Kier molecular flexibility index (Phi) is 4.13. The first-order chi connectivity index (χ1) is 10.9. The summed E-state index contributed by atoms with van der Waals surface area (Å²) < 4.78 is 0. The Morgan fingerprint density at radius 2 is 2.05 bits per heavy atom. The lowest BCUT2D eigenvalue weighted by atomic mass is 9.93. The SMILES string of the molecule is C(CC1CCCCN1)=C1c2ccccc2CCc2sccc21. The normalized spacial score (nSPS) is 22.9. The minimum Gasteiger partial charge on any atom is -0.314 e. The highest BCUT2D eigenvalue weighted by Crippen LogP contribution is 2.36. The average molecular weight is 309 g/mol. The van der Waals surface area contributed by atoms with Gasteiger partial charge in [-0.1, -0.05) is 36.8 Å². The molecule has 1 aromatic heterocycles. The molecule has 1 nitrogen and oxygen atoms in total. The van der Waals surface area contributed by atoms with Gasteiger partial charge >= 0.3 is 0 Å². The number of nitrogens with one attached hydrogen (secondary N) is 1. The van der Waals surface area contributed by atoms with Crippen molar-refractivity contribution < 1.29 is 0 Å². The molecular weight excluding hydrogens is 286 g/mol. The lowest BCUT2D eigenvalue weighted by Gasteiger charge is -2.22. The van der Waals surface area contributed by atoms with E-state index in [0.717, 1.165) is 6.42 Å². The van der Waals surface area contributed by atoms with Crippen LogP contribution in [0, 0.1) is 0 Å². The van der Waals surface area contributed by atoms with Gasteiger partial charge in [-0.15, -0.1) is 11.3 Å². The predicted octanol–water partition coefficient (Wildman–Crippen LogP) is 4.81. The molecule has 4 rings (SSSR count). The van der Waals surface area contributed by atoms with Gasteiger partial charge in [-0.3, -0.25) is 0 Å². The summed E-state index contributed by atoms with van der Waals surface area (Å²) in [6.07, 6.45) is 10.0. The van der Waals surface area contributed by atoms with Crippen LogP contribution in [0.2, 0.25) is 0 Å². The van der Waals surface area contributed by atoms with E-state index in [1.165, 1.54) is 60.9 Å². The fourth-order valence-electron chi connectivity index (χ4n) is 3.77. The minimum absolute atomic E-state index is 0.666. The molecular formula is C20H23NS. The van der Waals surface area contributed by atoms with Crippen LogP contribution in [0.5, 0.6) is 0 Å². The molecule has 0 bridgehead atoms. The summed E-state index contributed by atoms with van der Waals surface area (Å²) in [5.41, 5.74) is 5.91. The zero-order chi connectivity index (χ0) is 14.8. The zero-order valence-corrected chi connectivity index (χ0v) is 13.8. The van der Waals surface area contributed by atoms with Crippen LogP contribution < -0.4 is 5.32 Å². The van der Waals surface area contributed by atoms with Crippen LogP contribution in [-0.2, 0) is 12.8 Å². The molecule has 1 saturated heterocycles. The number of piperidine rings is 1. The van der Waals surface area contributed by atoms with Gasteiger partial charge in [0.25, 0.3) is 0 Å². The van der Waals surface area contributed by atoms with Crippen molar-refractivity contribution in [3.05, 3.63) is 63.4 Å². The summed E-state index contributed by atoms with van der Waals surface area (Å²) in [4.78, 5) is 1.55. The average Bonchev–Trinajstić information content (AvgIpc) is 2.98. The molecule has 0 radical (unpaired) electrons. The van der Waals surface area contributed by atoms with Crippen molar-refractivity contribution >= 4 is 16.9 Å². The van der Waals surface area contributed by atoms with Gasteiger partial charge in [0.15, 0.2) is 0 Å². The molecule has 2 heteroatoms. The number of hydrogen-bond donors (Lipinski definition) is 1. The van der Waals surface area contributed by atoms with Crippen LogP contribution >= 0.6 is 11.3 Å². The molecule has 2 aliphatic rings. The molecule has 1 aliphatic carbocycles. The van der Waals surface area contributed by atoms with Crippen LogP contribution in [0.3, 0.4) is 0 Å². The number of aryl methyl sites for hydroxylation is 2. The molecule has 1 N–H and O–H groups in total. The second kappa shape index (κ2) is 6.39. The van der Waals surface area contributed by atoms with Crippen LogP contribution in [-0.4, -0.2) is 12.6 Å². The summed E-state index contributed by atoms with van der Waals surface area (Å²) in [6, 6.07) is 12.0. The van der Waals surface area contributed by atoms with Gasteiger partial charge in [-0.2, -0.15) is 0 Å². The highest BCUT2D eigenvalue weighted by atomic mass is 32.1. The molecule has 1 aliphatic heterocycles. The van der Waals surface area contributed by atoms with Crippen LogP contribution in [0.1, 0.15) is 47.3 Å². The van der Waals surface area contributed by atoms with E-state index in [4.69, 9.17) is 0 Å². The summed E-state index contributed by atoms with van der Waals surface area (Å²) in [6.45, 7) is 1.19. The van der Waals surface area contributed by atoms with E-state index in [-0.39, 0.29) is 0 Å². The maximum Gasteiger partial charge on any atom is 0.0127 e. The Balaban J connectivity index is 1.70. The summed E-state index contributed by atoms with van der Waals surface area (Å²) in [5.74, 6) is 0. The number of thiophene rings is 1. The van der Waals surface area contributed by atoms with E-state index >= 15 is 0 Å². The third-order valence-electron chi connectivity index (χ3n) is 4.98. The Bertz CT molecular complexity index is 677. The molecule has 114 valence electrons. The maximum atomic E-state index is 3.67. The zero-order valence-electron chi connectivity index (χ0n) is 13.0. The van der Waals surface area contributed by atoms with Crippen LogP contribution in [0.25, 0.3) is 5.57 Å². The van der Waals surface area contributed by atoms with Gasteiger partial charge in [0.2, 0.25) is 0 Å². The summed E-state index contributed by atoms with van der Waals surface area (Å²) in [5, 5.41) is 5.93. The van der Waals surface area contributed by atoms with Crippen LogP contribution in [0.15, 0.2) is 41.8 Å². The van der Waals surface area contributed by atoms with E-state index in [2.05, 4.69) is 47.1 Å². The van der Waals surface area contributed by atoms with E-state index in [9.17, 15) is 0 Å². The molecule has 1 atom stereocenters. The summed E-state index contributed by atoms with van der Waals surface area (Å²) in [7, 11) is 0. The lowest BCUT2D eigenvalue weighted by Crippen LogP contribution is -2.33. The number of benzene rings is 1. The van der Waals surface area contributed by atoms with Gasteiger partial charge in [-0.05, 0) is 72.4 Å². The standard InChI is InChI=1S/C20H23NS/c1-2-7-17-15(5-1)8-11-20-19(12-14-22-20)18(17)10-9-16-6-3-4-13-21-16/h1-2,5,7,10,12,14,16,21H,3-4,6,8-9,11,13H2. The quantitative estimate of drug-likeness (QED) is 0.839. The van der Waals surface area contributed by atoms with E-state index in [1.54, 1.807) is 4.88 Å². The second-order valence-corrected chi connectivity index (χ2v) is 7.42. The van der Waals surface area contributed by atoms with Crippen LogP contribution in [0.4, 0.5) is 0 Å². The molecule has 2 heterocycles. The maximum absolute atomic E-state index is 3.67. The lowest BCUT2D eigenvalue weighted by molar-refractivity contribution is 0.404. The number of fused-ring (bicyclic) bond motifs is 2. The molecule has 22 heavy (non-hydrogen) atoms. The van der Waals surface area contributed by atoms with E-state index in [0.29, 0.717) is 6.04 Å².